The normalized spacial score (nSPS) is 24.1. The molecule has 3 rings (SSSR count). The predicted molar refractivity (Wildman–Crippen MR) is 122 cm³/mol. The number of hydrogen-bond donors (Lipinski definition) is 0. The fourth-order valence-electron chi connectivity index (χ4n) is 4.90. The van der Waals surface area contributed by atoms with Crippen molar-refractivity contribution in [3.63, 3.8) is 0 Å². The van der Waals surface area contributed by atoms with Crippen LogP contribution in [-0.2, 0) is 4.79 Å². The van der Waals surface area contributed by atoms with Gasteiger partial charge in [0.05, 0.1) is 6.54 Å². The number of unbranched alkanes of at least 4 members (excludes halogenated alkanes) is 1. The summed E-state index contributed by atoms with van der Waals surface area (Å²) in [5, 5.41) is 0. The van der Waals surface area contributed by atoms with Crippen molar-refractivity contribution in [3.8, 4) is 0 Å². The molecule has 1 saturated carbocycles. The van der Waals surface area contributed by atoms with Gasteiger partial charge in [-0.2, -0.15) is 0 Å². The SMILES string of the molecule is CCCCN1CCN(c2ccccc2[C@H]2CC[C@H](C(C)(C)C)CC2)C(=O)C1.Cl. The summed E-state index contributed by atoms with van der Waals surface area (Å²) in [5.41, 5.74) is 2.99. The van der Waals surface area contributed by atoms with E-state index in [-0.39, 0.29) is 18.3 Å². The Balaban J connectivity index is 0.00000280. The minimum absolute atomic E-state index is 0. The third kappa shape index (κ3) is 5.51. The van der Waals surface area contributed by atoms with Crippen molar-refractivity contribution in [2.24, 2.45) is 11.3 Å². The number of benzene rings is 1. The highest BCUT2D eigenvalue weighted by Gasteiger charge is 2.33. The first kappa shape index (κ1) is 23.2. The average Bonchev–Trinajstić information content (AvgIpc) is 2.66. The number of anilines is 1. The molecule has 1 saturated heterocycles. The van der Waals surface area contributed by atoms with Gasteiger partial charge in [-0.3, -0.25) is 9.69 Å². The molecule has 0 unspecified atom stereocenters. The van der Waals surface area contributed by atoms with Crippen LogP contribution in [0.25, 0.3) is 0 Å². The number of hydrogen-bond acceptors (Lipinski definition) is 2. The molecule has 0 radical (unpaired) electrons. The number of rotatable bonds is 5. The molecule has 1 aromatic rings. The topological polar surface area (TPSA) is 23.6 Å². The molecule has 0 N–H and O–H groups in total. The van der Waals surface area contributed by atoms with E-state index in [4.69, 9.17) is 0 Å². The smallest absolute Gasteiger partial charge is 0.241 e. The molecule has 158 valence electrons. The van der Waals surface area contributed by atoms with Gasteiger partial charge in [-0.1, -0.05) is 52.3 Å². The van der Waals surface area contributed by atoms with Crippen LogP contribution in [0.2, 0.25) is 0 Å². The zero-order chi connectivity index (χ0) is 19.4. The molecule has 28 heavy (non-hydrogen) atoms. The Morgan fingerprint density at radius 3 is 2.32 bits per heavy atom. The molecule has 1 aliphatic heterocycles. The van der Waals surface area contributed by atoms with E-state index in [0.29, 0.717) is 17.9 Å². The standard InChI is InChI=1S/C24H38N2O.ClH/c1-5-6-15-25-16-17-26(23(27)18-25)22-10-8-7-9-21(22)19-11-13-20(14-12-19)24(2,3)4;/h7-10,19-20H,5-6,11-18H2,1-4H3;1H/t19-,20-;. The number of carbonyl (C=O) groups excluding carboxylic acids is 1. The summed E-state index contributed by atoms with van der Waals surface area (Å²) in [7, 11) is 0. The lowest BCUT2D eigenvalue weighted by molar-refractivity contribution is -0.121. The Bertz CT molecular complexity index is 632. The molecule has 1 aromatic carbocycles. The average molecular weight is 407 g/mol. The van der Waals surface area contributed by atoms with Gasteiger partial charge in [-0.05, 0) is 67.5 Å². The second kappa shape index (κ2) is 10.1. The van der Waals surface area contributed by atoms with E-state index < -0.39 is 0 Å². The van der Waals surface area contributed by atoms with Gasteiger partial charge in [0.1, 0.15) is 0 Å². The highest BCUT2D eigenvalue weighted by Crippen LogP contribution is 2.45. The van der Waals surface area contributed by atoms with Crippen molar-refractivity contribution in [2.45, 2.75) is 72.1 Å². The number of amides is 1. The minimum Gasteiger partial charge on any atom is -0.310 e. The van der Waals surface area contributed by atoms with Gasteiger partial charge in [-0.25, -0.2) is 0 Å². The van der Waals surface area contributed by atoms with Gasteiger partial charge in [0.15, 0.2) is 0 Å². The van der Waals surface area contributed by atoms with E-state index >= 15 is 0 Å². The van der Waals surface area contributed by atoms with E-state index in [1.54, 1.807) is 0 Å². The number of halogens is 1. The Hall–Kier alpha value is -1.06. The first-order valence-corrected chi connectivity index (χ1v) is 11.0. The third-order valence-corrected chi connectivity index (χ3v) is 6.75. The maximum absolute atomic E-state index is 12.9. The van der Waals surface area contributed by atoms with Crippen LogP contribution in [0.15, 0.2) is 24.3 Å². The van der Waals surface area contributed by atoms with Crippen molar-refractivity contribution in [2.75, 3.05) is 31.1 Å². The Kier molecular flexibility index (Phi) is 8.39. The lowest BCUT2D eigenvalue weighted by Crippen LogP contribution is -2.51. The summed E-state index contributed by atoms with van der Waals surface area (Å²) in [4.78, 5) is 17.3. The fourth-order valence-corrected chi connectivity index (χ4v) is 4.90. The van der Waals surface area contributed by atoms with Crippen LogP contribution in [0.3, 0.4) is 0 Å². The molecule has 0 atom stereocenters. The lowest BCUT2D eigenvalue weighted by atomic mass is 9.68. The first-order chi connectivity index (χ1) is 12.9. The summed E-state index contributed by atoms with van der Waals surface area (Å²) >= 11 is 0. The molecule has 3 nitrogen and oxygen atoms in total. The Morgan fingerprint density at radius 2 is 1.71 bits per heavy atom. The first-order valence-electron chi connectivity index (χ1n) is 11.0. The van der Waals surface area contributed by atoms with Crippen molar-refractivity contribution in [1.29, 1.82) is 0 Å². The molecule has 0 aromatic heterocycles. The van der Waals surface area contributed by atoms with Gasteiger partial charge in [0.25, 0.3) is 0 Å². The Morgan fingerprint density at radius 1 is 1.04 bits per heavy atom. The van der Waals surface area contributed by atoms with Gasteiger partial charge in [-0.15, -0.1) is 12.4 Å². The van der Waals surface area contributed by atoms with Gasteiger partial charge < -0.3 is 4.90 Å². The monoisotopic (exact) mass is 406 g/mol. The fraction of sp³-hybridized carbons (Fsp3) is 0.708. The highest BCUT2D eigenvalue weighted by molar-refractivity contribution is 5.96. The van der Waals surface area contributed by atoms with Crippen LogP contribution in [0.5, 0.6) is 0 Å². The molecule has 4 heteroatoms. The summed E-state index contributed by atoms with van der Waals surface area (Å²) in [6.45, 7) is 12.8. The molecule has 1 amide bonds. The van der Waals surface area contributed by atoms with E-state index in [2.05, 4.69) is 61.8 Å². The number of para-hydroxylation sites is 1. The molecule has 0 spiro atoms. The molecule has 0 bridgehead atoms. The van der Waals surface area contributed by atoms with E-state index in [1.807, 2.05) is 0 Å². The second-order valence-corrected chi connectivity index (χ2v) is 9.65. The molecule has 1 heterocycles. The van der Waals surface area contributed by atoms with Gasteiger partial charge in [0.2, 0.25) is 5.91 Å². The van der Waals surface area contributed by atoms with E-state index in [1.165, 1.54) is 49.8 Å². The van der Waals surface area contributed by atoms with Gasteiger partial charge in [0, 0.05) is 18.8 Å². The van der Waals surface area contributed by atoms with Crippen LogP contribution in [0.4, 0.5) is 5.69 Å². The summed E-state index contributed by atoms with van der Waals surface area (Å²) in [6.07, 6.45) is 7.49. The van der Waals surface area contributed by atoms with Crippen LogP contribution < -0.4 is 4.90 Å². The van der Waals surface area contributed by atoms with Crippen LogP contribution >= 0.6 is 12.4 Å². The van der Waals surface area contributed by atoms with E-state index in [9.17, 15) is 4.79 Å². The van der Waals surface area contributed by atoms with Crippen LogP contribution in [0, 0.1) is 11.3 Å². The van der Waals surface area contributed by atoms with Crippen LogP contribution in [-0.4, -0.2) is 37.0 Å². The predicted octanol–water partition coefficient (Wildman–Crippen LogP) is 5.88. The highest BCUT2D eigenvalue weighted by atomic mass is 35.5. The van der Waals surface area contributed by atoms with E-state index in [0.717, 1.165) is 25.6 Å². The molecule has 2 aliphatic rings. The molecular weight excluding hydrogens is 368 g/mol. The zero-order valence-corrected chi connectivity index (χ0v) is 19.1. The largest absolute Gasteiger partial charge is 0.310 e. The lowest BCUT2D eigenvalue weighted by Gasteiger charge is -2.39. The van der Waals surface area contributed by atoms with Crippen molar-refractivity contribution >= 4 is 24.0 Å². The summed E-state index contributed by atoms with van der Waals surface area (Å²) in [6, 6.07) is 8.69. The number of piperazine rings is 1. The number of carbonyl (C=O) groups is 1. The number of nitrogens with zero attached hydrogens (tertiary/aromatic N) is 2. The second-order valence-electron chi connectivity index (χ2n) is 9.65. The quantitative estimate of drug-likeness (QED) is 0.609. The zero-order valence-electron chi connectivity index (χ0n) is 18.2. The molecule has 1 aliphatic carbocycles. The molecule has 2 fully saturated rings. The van der Waals surface area contributed by atoms with Crippen molar-refractivity contribution in [1.82, 2.24) is 4.90 Å². The maximum Gasteiger partial charge on any atom is 0.241 e. The third-order valence-electron chi connectivity index (χ3n) is 6.75. The molecular formula is C24H39ClN2O. The van der Waals surface area contributed by atoms with Crippen molar-refractivity contribution in [3.05, 3.63) is 29.8 Å². The van der Waals surface area contributed by atoms with Crippen LogP contribution in [0.1, 0.15) is 77.7 Å². The van der Waals surface area contributed by atoms with Gasteiger partial charge >= 0.3 is 0 Å². The summed E-state index contributed by atoms with van der Waals surface area (Å²) < 4.78 is 0. The maximum atomic E-state index is 12.9. The Labute approximate surface area is 178 Å². The summed E-state index contributed by atoms with van der Waals surface area (Å²) in [5.74, 6) is 1.70. The minimum atomic E-state index is 0. The van der Waals surface area contributed by atoms with Crippen molar-refractivity contribution < 1.29 is 4.79 Å².